The Hall–Kier alpha value is -1.39. The molecule has 0 spiro atoms. The monoisotopic (exact) mass is 400 g/mol. The largest absolute Gasteiger partial charge is 0.429 e. The van der Waals surface area contributed by atoms with Gasteiger partial charge in [0, 0.05) is 11.6 Å². The van der Waals surface area contributed by atoms with E-state index in [1.165, 1.54) is 55.7 Å². The first kappa shape index (κ1) is 20.9. The van der Waals surface area contributed by atoms with E-state index in [1.807, 2.05) is 0 Å². The number of rotatable bonds is 4. The van der Waals surface area contributed by atoms with Crippen molar-refractivity contribution in [2.24, 2.45) is 22.7 Å². The van der Waals surface area contributed by atoms with Crippen molar-refractivity contribution in [2.75, 3.05) is 6.61 Å². The minimum absolute atomic E-state index is 0.255. The average molecular weight is 401 g/mol. The van der Waals surface area contributed by atoms with E-state index in [0.29, 0.717) is 29.4 Å². The van der Waals surface area contributed by atoms with Crippen LogP contribution in [0.1, 0.15) is 72.1 Å². The van der Waals surface area contributed by atoms with E-state index in [1.54, 1.807) is 0 Å². The van der Waals surface area contributed by atoms with E-state index < -0.39 is 12.3 Å². The molecule has 2 saturated carbocycles. The molecule has 2 aliphatic carbocycles. The van der Waals surface area contributed by atoms with Crippen LogP contribution < -0.4 is 0 Å². The highest BCUT2D eigenvalue weighted by atomic mass is 16.6. The van der Waals surface area contributed by atoms with Gasteiger partial charge in [0.05, 0.1) is 12.7 Å². The minimum Gasteiger partial charge on any atom is -0.429 e. The third-order valence-electron chi connectivity index (χ3n) is 8.81. The van der Waals surface area contributed by atoms with Crippen molar-refractivity contribution >= 4 is 5.97 Å². The number of carbonyl (C=O) groups excluding carboxylic acids is 1. The smallest absolute Gasteiger partial charge is 0.333 e. The van der Waals surface area contributed by atoms with E-state index in [4.69, 9.17) is 9.47 Å². The predicted molar refractivity (Wildman–Crippen MR) is 113 cm³/mol. The van der Waals surface area contributed by atoms with Gasteiger partial charge in [0.25, 0.3) is 0 Å². The van der Waals surface area contributed by atoms with E-state index >= 15 is 0 Å². The van der Waals surface area contributed by atoms with Crippen LogP contribution in [-0.4, -0.2) is 30.1 Å². The molecule has 4 nitrogen and oxygen atoms in total. The van der Waals surface area contributed by atoms with Gasteiger partial charge >= 0.3 is 5.97 Å². The van der Waals surface area contributed by atoms with Crippen LogP contribution in [0.25, 0.3) is 0 Å². The summed E-state index contributed by atoms with van der Waals surface area (Å²) >= 11 is 0. The Labute approximate surface area is 175 Å². The third-order valence-corrected chi connectivity index (χ3v) is 8.81. The van der Waals surface area contributed by atoms with Crippen LogP contribution in [0.2, 0.25) is 0 Å². The fraction of sp³-hybridized carbons (Fsp3) is 0.720. The highest BCUT2D eigenvalue weighted by molar-refractivity contribution is 5.85. The summed E-state index contributed by atoms with van der Waals surface area (Å²) in [6.07, 6.45) is 11.6. The van der Waals surface area contributed by atoms with Crippen molar-refractivity contribution in [2.45, 2.75) is 84.5 Å². The number of hydrogen-bond acceptors (Lipinski definition) is 4. The summed E-state index contributed by atoms with van der Waals surface area (Å²) in [6, 6.07) is 0. The molecule has 0 amide bonds. The van der Waals surface area contributed by atoms with Crippen molar-refractivity contribution in [3.8, 4) is 0 Å². The van der Waals surface area contributed by atoms with E-state index in [9.17, 15) is 9.90 Å². The lowest BCUT2D eigenvalue weighted by Gasteiger charge is -2.59. The van der Waals surface area contributed by atoms with E-state index in [2.05, 4.69) is 33.4 Å². The number of allylic oxidation sites excluding steroid dienone is 1. The number of ether oxygens (including phenoxy) is 2. The van der Waals surface area contributed by atoms with Gasteiger partial charge in [-0.3, -0.25) is 0 Å². The molecule has 160 valence electrons. The van der Waals surface area contributed by atoms with Gasteiger partial charge in [-0.1, -0.05) is 39.0 Å². The molecule has 2 heterocycles. The van der Waals surface area contributed by atoms with Gasteiger partial charge in [-0.25, -0.2) is 4.79 Å². The number of aliphatic hydroxyl groups excluding tert-OH is 1. The van der Waals surface area contributed by atoms with Gasteiger partial charge in [-0.15, -0.1) is 0 Å². The van der Waals surface area contributed by atoms with Crippen LogP contribution in [0.15, 0.2) is 35.5 Å². The maximum atomic E-state index is 11.3. The molecule has 4 heteroatoms. The van der Waals surface area contributed by atoms with E-state index in [0.717, 1.165) is 18.3 Å². The maximum absolute atomic E-state index is 11.3. The first-order valence-corrected chi connectivity index (χ1v) is 11.3. The van der Waals surface area contributed by atoms with Crippen molar-refractivity contribution < 1.29 is 19.4 Å². The molecule has 0 saturated heterocycles. The lowest BCUT2D eigenvalue weighted by molar-refractivity contribution is -0.152. The first-order chi connectivity index (χ1) is 13.7. The molecule has 0 radical (unpaired) electrons. The van der Waals surface area contributed by atoms with Crippen LogP contribution >= 0.6 is 0 Å². The summed E-state index contributed by atoms with van der Waals surface area (Å²) in [7, 11) is 0. The lowest BCUT2D eigenvalue weighted by atomic mass is 9.46. The van der Waals surface area contributed by atoms with Gasteiger partial charge < -0.3 is 14.6 Å². The van der Waals surface area contributed by atoms with Gasteiger partial charge in [0.2, 0.25) is 6.29 Å². The van der Waals surface area contributed by atoms with Crippen LogP contribution in [0.3, 0.4) is 0 Å². The number of aliphatic hydroxyl groups is 1. The number of esters is 1. The zero-order valence-electron chi connectivity index (χ0n) is 18.2. The van der Waals surface area contributed by atoms with Gasteiger partial charge in [-0.2, -0.15) is 0 Å². The summed E-state index contributed by atoms with van der Waals surface area (Å²) in [5.74, 6) is 0.966. The Morgan fingerprint density at radius 1 is 1.31 bits per heavy atom. The second kappa shape index (κ2) is 7.70. The summed E-state index contributed by atoms with van der Waals surface area (Å²) in [5.41, 5.74) is 4.01. The summed E-state index contributed by atoms with van der Waals surface area (Å²) in [6.45, 7) is 12.5. The topological polar surface area (TPSA) is 55.8 Å². The SMILES string of the molecule is C=C1CCC[C@@H]2[C@@](C)(CCC3=CC[C@H](C4=CC(=O)OC4O)OC3)[C@H](C)CC[C@@]12C. The number of fused-ring (bicyclic) bond motifs is 1. The second-order valence-electron chi connectivity index (χ2n) is 10.2. The summed E-state index contributed by atoms with van der Waals surface area (Å²) in [5, 5.41) is 9.85. The fourth-order valence-electron chi connectivity index (χ4n) is 6.50. The number of hydrogen-bond donors (Lipinski definition) is 1. The lowest BCUT2D eigenvalue weighted by Crippen LogP contribution is -2.50. The minimum atomic E-state index is -1.15. The third kappa shape index (κ3) is 3.63. The zero-order chi connectivity index (χ0) is 20.8. The van der Waals surface area contributed by atoms with Crippen LogP contribution in [-0.2, 0) is 14.3 Å². The molecular formula is C25H36O4. The fourth-order valence-corrected chi connectivity index (χ4v) is 6.50. The standard InChI is InChI=1S/C25H36O4/c1-16-6-5-7-21-24(16,3)12-10-17(2)25(21,4)13-11-18-8-9-20(28-15-18)19-14-22(26)29-23(19)27/h8,14,17,20-21,23,27H,1,5-7,9-13,15H2,2-4H3/t17-,20-,21+,23?,24+,25+/m1/s1. The Bertz CT molecular complexity index is 750. The van der Waals surface area contributed by atoms with Gasteiger partial charge in [0.1, 0.15) is 0 Å². The van der Waals surface area contributed by atoms with Crippen LogP contribution in [0.5, 0.6) is 0 Å². The van der Waals surface area contributed by atoms with E-state index in [-0.39, 0.29) is 6.10 Å². The average Bonchev–Trinajstić information content (AvgIpc) is 3.04. The normalized spacial score (nSPS) is 42.8. The second-order valence-corrected chi connectivity index (χ2v) is 10.2. The van der Waals surface area contributed by atoms with Gasteiger partial charge in [-0.05, 0) is 79.6 Å². The molecule has 6 atom stereocenters. The highest BCUT2D eigenvalue weighted by Gasteiger charge is 2.53. The van der Waals surface area contributed by atoms with Crippen molar-refractivity contribution in [1.82, 2.24) is 0 Å². The molecule has 0 bridgehead atoms. The van der Waals surface area contributed by atoms with Crippen LogP contribution in [0, 0.1) is 22.7 Å². The Kier molecular flexibility index (Phi) is 5.54. The molecule has 1 N–H and O–H groups in total. The summed E-state index contributed by atoms with van der Waals surface area (Å²) in [4.78, 5) is 11.3. The van der Waals surface area contributed by atoms with Gasteiger partial charge in [0.15, 0.2) is 0 Å². The number of cyclic esters (lactones) is 1. The van der Waals surface area contributed by atoms with Crippen LogP contribution in [0.4, 0.5) is 0 Å². The van der Waals surface area contributed by atoms with Crippen molar-refractivity contribution in [3.05, 3.63) is 35.5 Å². The molecule has 2 aliphatic heterocycles. The first-order valence-electron chi connectivity index (χ1n) is 11.3. The molecule has 29 heavy (non-hydrogen) atoms. The molecule has 4 rings (SSSR count). The number of carbonyl (C=O) groups is 1. The van der Waals surface area contributed by atoms with Crippen molar-refractivity contribution in [1.29, 1.82) is 0 Å². The Morgan fingerprint density at radius 2 is 2.10 bits per heavy atom. The quantitative estimate of drug-likeness (QED) is 0.528. The molecule has 1 unspecified atom stereocenters. The predicted octanol–water partition coefficient (Wildman–Crippen LogP) is 5.08. The Balaban J connectivity index is 1.42. The molecule has 0 aromatic rings. The molecular weight excluding hydrogens is 364 g/mol. The zero-order valence-corrected chi connectivity index (χ0v) is 18.2. The summed E-state index contributed by atoms with van der Waals surface area (Å²) < 4.78 is 10.8. The highest BCUT2D eigenvalue weighted by Crippen LogP contribution is 2.62. The molecule has 0 aromatic carbocycles. The molecule has 0 aromatic heterocycles. The van der Waals surface area contributed by atoms with Crippen molar-refractivity contribution in [3.63, 3.8) is 0 Å². The molecule has 4 aliphatic rings. The maximum Gasteiger partial charge on any atom is 0.333 e. The Morgan fingerprint density at radius 3 is 2.76 bits per heavy atom. The molecule has 2 fully saturated rings.